The molecule has 17 heavy (non-hydrogen) atoms. The maximum Gasteiger partial charge on any atom is 0.157 e. The Balaban J connectivity index is 2.46. The summed E-state index contributed by atoms with van der Waals surface area (Å²) in [5.41, 5.74) is 13.3. The highest BCUT2D eigenvalue weighted by molar-refractivity contribution is 5.52. The van der Waals surface area contributed by atoms with Gasteiger partial charge in [0.2, 0.25) is 0 Å². The number of nitrogens with zero attached hydrogens (tertiary/aromatic N) is 4. The second-order valence-electron chi connectivity index (χ2n) is 3.99. The van der Waals surface area contributed by atoms with Crippen molar-refractivity contribution in [2.75, 3.05) is 31.1 Å². The van der Waals surface area contributed by atoms with E-state index in [1.54, 1.807) is 6.33 Å². The van der Waals surface area contributed by atoms with Crippen LogP contribution in [0.1, 0.15) is 5.56 Å². The van der Waals surface area contributed by atoms with Gasteiger partial charge in [0.15, 0.2) is 5.65 Å². The van der Waals surface area contributed by atoms with Crippen molar-refractivity contribution < 1.29 is 0 Å². The summed E-state index contributed by atoms with van der Waals surface area (Å²) in [6, 6.07) is 4.08. The van der Waals surface area contributed by atoms with Crippen molar-refractivity contribution in [3.05, 3.63) is 24.0 Å². The first kappa shape index (κ1) is 11.8. The van der Waals surface area contributed by atoms with E-state index < -0.39 is 0 Å². The van der Waals surface area contributed by atoms with Gasteiger partial charge in [-0.05, 0) is 24.6 Å². The van der Waals surface area contributed by atoms with Crippen LogP contribution in [0, 0.1) is 6.92 Å². The zero-order valence-electron chi connectivity index (χ0n) is 10.0. The van der Waals surface area contributed by atoms with Gasteiger partial charge in [-0.3, -0.25) is 0 Å². The lowest BCUT2D eigenvalue weighted by Gasteiger charge is -2.24. The van der Waals surface area contributed by atoms with Gasteiger partial charge in [0.05, 0.1) is 0 Å². The van der Waals surface area contributed by atoms with Crippen LogP contribution in [0.25, 0.3) is 5.65 Å². The average molecular weight is 234 g/mol. The Morgan fingerprint density at radius 3 is 2.59 bits per heavy atom. The van der Waals surface area contributed by atoms with Crippen LogP contribution in [-0.4, -0.2) is 40.8 Å². The SMILES string of the molecule is Cc1cc(N(CCN)CCN)n2ncnc2c1. The fourth-order valence-corrected chi connectivity index (χ4v) is 1.91. The van der Waals surface area contributed by atoms with Gasteiger partial charge in [-0.1, -0.05) is 0 Å². The highest BCUT2D eigenvalue weighted by Gasteiger charge is 2.10. The molecule has 0 unspecified atom stereocenters. The molecule has 2 rings (SSSR count). The summed E-state index contributed by atoms with van der Waals surface area (Å²) >= 11 is 0. The molecule has 0 aliphatic heterocycles. The normalized spacial score (nSPS) is 11.0. The Morgan fingerprint density at radius 2 is 1.94 bits per heavy atom. The van der Waals surface area contributed by atoms with Crippen molar-refractivity contribution in [1.82, 2.24) is 14.6 Å². The van der Waals surface area contributed by atoms with E-state index in [0.717, 1.165) is 30.1 Å². The summed E-state index contributed by atoms with van der Waals surface area (Å²) in [5.74, 6) is 0.994. The lowest BCUT2D eigenvalue weighted by Crippen LogP contribution is -2.35. The Morgan fingerprint density at radius 1 is 1.24 bits per heavy atom. The molecule has 0 radical (unpaired) electrons. The smallest absolute Gasteiger partial charge is 0.157 e. The van der Waals surface area contributed by atoms with E-state index in [1.807, 2.05) is 17.5 Å². The van der Waals surface area contributed by atoms with Crippen molar-refractivity contribution >= 4 is 11.5 Å². The first-order chi connectivity index (χ1) is 8.26. The number of fused-ring (bicyclic) bond motifs is 1. The van der Waals surface area contributed by atoms with E-state index in [2.05, 4.69) is 21.0 Å². The van der Waals surface area contributed by atoms with Crippen LogP contribution in [0.4, 0.5) is 5.82 Å². The number of aromatic nitrogens is 3. The molecular formula is C11H18N6. The molecule has 0 atom stereocenters. The molecule has 6 nitrogen and oxygen atoms in total. The van der Waals surface area contributed by atoms with E-state index in [1.165, 1.54) is 0 Å². The molecule has 0 aliphatic carbocycles. The van der Waals surface area contributed by atoms with Crippen LogP contribution >= 0.6 is 0 Å². The Kier molecular flexibility index (Phi) is 3.55. The third-order valence-corrected chi connectivity index (χ3v) is 2.63. The highest BCUT2D eigenvalue weighted by atomic mass is 15.4. The Bertz CT molecular complexity index is 486. The van der Waals surface area contributed by atoms with E-state index in [9.17, 15) is 0 Å². The number of pyridine rings is 1. The molecule has 6 heteroatoms. The topological polar surface area (TPSA) is 85.5 Å². The van der Waals surface area contributed by atoms with Crippen LogP contribution in [0.2, 0.25) is 0 Å². The minimum atomic E-state index is 0.587. The van der Waals surface area contributed by atoms with E-state index in [0.29, 0.717) is 13.1 Å². The van der Waals surface area contributed by atoms with Crippen molar-refractivity contribution in [2.45, 2.75) is 6.92 Å². The maximum absolute atomic E-state index is 5.63. The summed E-state index contributed by atoms with van der Waals surface area (Å²) in [7, 11) is 0. The predicted octanol–water partition coefficient (Wildman–Crippen LogP) is -0.238. The van der Waals surface area contributed by atoms with Gasteiger partial charge < -0.3 is 16.4 Å². The maximum atomic E-state index is 5.63. The monoisotopic (exact) mass is 234 g/mol. The summed E-state index contributed by atoms with van der Waals surface area (Å²) in [6.07, 6.45) is 1.56. The van der Waals surface area contributed by atoms with Gasteiger partial charge in [-0.2, -0.15) is 9.61 Å². The van der Waals surface area contributed by atoms with Crippen molar-refractivity contribution in [2.24, 2.45) is 11.5 Å². The number of aryl methyl sites for hydroxylation is 1. The molecule has 0 aliphatic rings. The van der Waals surface area contributed by atoms with Gasteiger partial charge in [-0.15, -0.1) is 0 Å². The molecule has 2 heterocycles. The molecule has 0 spiro atoms. The number of nitrogens with two attached hydrogens (primary N) is 2. The molecule has 2 aromatic heterocycles. The van der Waals surface area contributed by atoms with Gasteiger partial charge in [0, 0.05) is 26.2 Å². The second kappa shape index (κ2) is 5.11. The van der Waals surface area contributed by atoms with Gasteiger partial charge in [0.1, 0.15) is 12.1 Å². The lowest BCUT2D eigenvalue weighted by molar-refractivity contribution is 0.748. The third kappa shape index (κ3) is 2.37. The summed E-state index contributed by atoms with van der Waals surface area (Å²) in [6.45, 7) is 4.74. The van der Waals surface area contributed by atoms with Crippen LogP contribution in [0.15, 0.2) is 18.5 Å². The summed E-state index contributed by atoms with van der Waals surface area (Å²) in [4.78, 5) is 6.34. The molecule has 2 aromatic rings. The van der Waals surface area contributed by atoms with Crippen LogP contribution < -0.4 is 16.4 Å². The molecule has 0 bridgehead atoms. The third-order valence-electron chi connectivity index (χ3n) is 2.63. The molecule has 0 saturated carbocycles. The van der Waals surface area contributed by atoms with E-state index in [-0.39, 0.29) is 0 Å². The van der Waals surface area contributed by atoms with Gasteiger partial charge in [-0.25, -0.2) is 4.98 Å². The minimum absolute atomic E-state index is 0.587. The Hall–Kier alpha value is -1.66. The van der Waals surface area contributed by atoms with Crippen LogP contribution in [0.3, 0.4) is 0 Å². The highest BCUT2D eigenvalue weighted by Crippen LogP contribution is 2.17. The van der Waals surface area contributed by atoms with Crippen molar-refractivity contribution in [3.8, 4) is 0 Å². The standard InChI is InChI=1S/C11H18N6/c1-9-6-10-14-8-15-17(10)11(7-9)16(4-2-12)5-3-13/h6-8H,2-5,12-13H2,1H3. The summed E-state index contributed by atoms with van der Waals surface area (Å²) < 4.78 is 1.82. The second-order valence-corrected chi connectivity index (χ2v) is 3.99. The first-order valence-corrected chi connectivity index (χ1v) is 5.71. The minimum Gasteiger partial charge on any atom is -0.354 e. The number of hydrogen-bond acceptors (Lipinski definition) is 5. The molecule has 0 fully saturated rings. The van der Waals surface area contributed by atoms with E-state index in [4.69, 9.17) is 11.5 Å². The molecule has 0 aromatic carbocycles. The number of anilines is 1. The number of hydrogen-bond donors (Lipinski definition) is 2. The largest absolute Gasteiger partial charge is 0.354 e. The van der Waals surface area contributed by atoms with E-state index >= 15 is 0 Å². The van der Waals surface area contributed by atoms with Crippen molar-refractivity contribution in [1.29, 1.82) is 0 Å². The first-order valence-electron chi connectivity index (χ1n) is 5.71. The number of rotatable bonds is 5. The fraction of sp³-hybridized carbons (Fsp3) is 0.455. The Labute approximate surface area is 100 Å². The molecule has 4 N–H and O–H groups in total. The van der Waals surface area contributed by atoms with Crippen LogP contribution in [0.5, 0.6) is 0 Å². The predicted molar refractivity (Wildman–Crippen MR) is 68.0 cm³/mol. The zero-order valence-corrected chi connectivity index (χ0v) is 10.0. The lowest BCUT2D eigenvalue weighted by atomic mass is 10.2. The molecule has 0 amide bonds. The quantitative estimate of drug-likeness (QED) is 0.746. The molecule has 92 valence electrons. The molecule has 0 saturated heterocycles. The van der Waals surface area contributed by atoms with Crippen molar-refractivity contribution in [3.63, 3.8) is 0 Å². The zero-order chi connectivity index (χ0) is 12.3. The van der Waals surface area contributed by atoms with Crippen LogP contribution in [-0.2, 0) is 0 Å². The average Bonchev–Trinajstić information content (AvgIpc) is 2.75. The molecular weight excluding hydrogens is 216 g/mol. The van der Waals surface area contributed by atoms with Gasteiger partial charge in [0.25, 0.3) is 0 Å². The van der Waals surface area contributed by atoms with Gasteiger partial charge >= 0.3 is 0 Å². The summed E-state index contributed by atoms with van der Waals surface area (Å²) in [5, 5.41) is 4.23. The fourth-order valence-electron chi connectivity index (χ4n) is 1.91.